The van der Waals surface area contributed by atoms with E-state index in [9.17, 15) is 19.2 Å². The Bertz CT molecular complexity index is 761. The van der Waals surface area contributed by atoms with Crippen LogP contribution in [0.2, 0.25) is 0 Å². The van der Waals surface area contributed by atoms with E-state index in [1.807, 2.05) is 0 Å². The number of ether oxygens (including phenoxy) is 4. The van der Waals surface area contributed by atoms with Gasteiger partial charge in [0.25, 0.3) is 0 Å². The highest BCUT2D eigenvalue weighted by atomic mass is 16.6. The molecule has 0 aromatic heterocycles. The van der Waals surface area contributed by atoms with Crippen molar-refractivity contribution in [1.29, 1.82) is 0 Å². The van der Waals surface area contributed by atoms with E-state index in [0.717, 1.165) is 0 Å². The first-order chi connectivity index (χ1) is 13.5. The van der Waals surface area contributed by atoms with Crippen LogP contribution in [-0.2, 0) is 35.1 Å². The average molecular weight is 409 g/mol. The Morgan fingerprint density at radius 3 is 2.03 bits per heavy atom. The summed E-state index contributed by atoms with van der Waals surface area (Å²) in [5.74, 6) is -2.11. The van der Waals surface area contributed by atoms with Gasteiger partial charge in [0.15, 0.2) is 11.5 Å². The van der Waals surface area contributed by atoms with Crippen molar-refractivity contribution in [2.45, 2.75) is 65.7 Å². The largest absolute Gasteiger partial charge is 0.459 e. The van der Waals surface area contributed by atoms with Gasteiger partial charge in [0.05, 0.1) is 0 Å². The van der Waals surface area contributed by atoms with Crippen molar-refractivity contribution in [2.24, 2.45) is 5.73 Å². The monoisotopic (exact) mass is 409 g/mol. The summed E-state index contributed by atoms with van der Waals surface area (Å²) in [7, 11) is 0. The average Bonchev–Trinajstić information content (AvgIpc) is 2.62. The normalized spacial score (nSPS) is 13.6. The first kappa shape index (κ1) is 24.1. The van der Waals surface area contributed by atoms with Crippen LogP contribution in [0.15, 0.2) is 18.2 Å². The minimum atomic E-state index is -1.00. The van der Waals surface area contributed by atoms with Crippen molar-refractivity contribution in [1.82, 2.24) is 0 Å². The summed E-state index contributed by atoms with van der Waals surface area (Å²) in [6.07, 6.45) is -0.980. The highest BCUT2D eigenvalue weighted by molar-refractivity contribution is 5.77. The Morgan fingerprint density at radius 1 is 0.931 bits per heavy atom. The maximum atomic E-state index is 12.3. The zero-order valence-corrected chi connectivity index (χ0v) is 17.2. The van der Waals surface area contributed by atoms with Gasteiger partial charge >= 0.3 is 23.9 Å². The Labute approximate surface area is 169 Å². The molecule has 2 N–H and O–H groups in total. The summed E-state index contributed by atoms with van der Waals surface area (Å²) < 4.78 is 20.4. The number of hydrogen-bond acceptors (Lipinski definition) is 9. The van der Waals surface area contributed by atoms with Crippen molar-refractivity contribution in [3.8, 4) is 11.5 Å². The lowest BCUT2D eigenvalue weighted by Gasteiger charge is -2.22. The molecule has 160 valence electrons. The quantitative estimate of drug-likeness (QED) is 0.478. The number of benzene rings is 1. The van der Waals surface area contributed by atoms with Crippen LogP contribution < -0.4 is 15.2 Å². The highest BCUT2D eigenvalue weighted by Gasteiger charge is 2.24. The Hall–Kier alpha value is -2.94. The van der Waals surface area contributed by atoms with Gasteiger partial charge in [0.2, 0.25) is 0 Å². The number of rotatable bonds is 9. The summed E-state index contributed by atoms with van der Waals surface area (Å²) in [5, 5.41) is 0. The first-order valence-corrected chi connectivity index (χ1v) is 9.18. The van der Waals surface area contributed by atoms with Crippen LogP contribution in [0.5, 0.6) is 11.5 Å². The zero-order chi connectivity index (χ0) is 22.1. The molecular formula is C20H27NO8. The van der Waals surface area contributed by atoms with Crippen LogP contribution in [0, 0.1) is 0 Å². The minimum Gasteiger partial charge on any atom is -0.459 e. The third-order valence-corrected chi connectivity index (χ3v) is 3.84. The van der Waals surface area contributed by atoms with Crippen LogP contribution in [0.25, 0.3) is 0 Å². The number of hydrogen-bond donors (Lipinski definition) is 1. The predicted octanol–water partition coefficient (Wildman–Crippen LogP) is 1.68. The van der Waals surface area contributed by atoms with Crippen LogP contribution in [0.4, 0.5) is 0 Å². The van der Waals surface area contributed by atoms with Gasteiger partial charge in [0, 0.05) is 20.3 Å². The van der Waals surface area contributed by atoms with E-state index in [0.29, 0.717) is 5.56 Å². The van der Waals surface area contributed by atoms with E-state index in [1.54, 1.807) is 26.8 Å². The van der Waals surface area contributed by atoms with Crippen LogP contribution in [-0.4, -0.2) is 42.1 Å². The molecule has 0 aliphatic heterocycles. The SMILES string of the molecule is CCC(=O)O[C@@H](C)[C@H](C)OC(=O)[C@@H](N)Cc1ccc(OC(C)=O)c(OC(C)=O)c1. The van der Waals surface area contributed by atoms with Crippen molar-refractivity contribution >= 4 is 23.9 Å². The molecule has 9 heteroatoms. The lowest BCUT2D eigenvalue weighted by molar-refractivity contribution is -0.166. The molecule has 3 atom stereocenters. The van der Waals surface area contributed by atoms with Crippen molar-refractivity contribution in [3.05, 3.63) is 23.8 Å². The molecule has 0 heterocycles. The van der Waals surface area contributed by atoms with Crippen molar-refractivity contribution < 1.29 is 38.1 Å². The molecule has 0 saturated heterocycles. The summed E-state index contributed by atoms with van der Waals surface area (Å²) in [6.45, 7) is 7.32. The molecule has 1 aromatic carbocycles. The lowest BCUT2D eigenvalue weighted by Crippen LogP contribution is -2.39. The van der Waals surface area contributed by atoms with Gasteiger partial charge in [-0.05, 0) is 38.0 Å². The van der Waals surface area contributed by atoms with E-state index in [-0.39, 0.29) is 24.3 Å². The van der Waals surface area contributed by atoms with Gasteiger partial charge in [0.1, 0.15) is 18.2 Å². The van der Waals surface area contributed by atoms with Crippen molar-refractivity contribution in [3.63, 3.8) is 0 Å². The Balaban J connectivity index is 2.80. The van der Waals surface area contributed by atoms with E-state index < -0.39 is 42.1 Å². The Morgan fingerprint density at radius 2 is 1.48 bits per heavy atom. The van der Waals surface area contributed by atoms with Crippen LogP contribution in [0.3, 0.4) is 0 Å². The third kappa shape index (κ3) is 8.30. The molecule has 0 bridgehead atoms. The zero-order valence-electron chi connectivity index (χ0n) is 17.2. The summed E-state index contributed by atoms with van der Waals surface area (Å²) in [6, 6.07) is 3.49. The molecular weight excluding hydrogens is 382 g/mol. The number of nitrogens with two attached hydrogens (primary N) is 1. The fourth-order valence-corrected chi connectivity index (χ4v) is 2.24. The molecule has 1 rings (SSSR count). The summed E-state index contributed by atoms with van der Waals surface area (Å²) in [4.78, 5) is 46.0. The second-order valence-corrected chi connectivity index (χ2v) is 6.47. The topological polar surface area (TPSA) is 131 Å². The van der Waals surface area contributed by atoms with E-state index >= 15 is 0 Å². The predicted molar refractivity (Wildman–Crippen MR) is 102 cm³/mol. The molecule has 1 aromatic rings. The van der Waals surface area contributed by atoms with Gasteiger partial charge in [-0.25, -0.2) is 0 Å². The highest BCUT2D eigenvalue weighted by Crippen LogP contribution is 2.29. The van der Waals surface area contributed by atoms with E-state index in [2.05, 4.69) is 0 Å². The van der Waals surface area contributed by atoms with Crippen molar-refractivity contribution in [2.75, 3.05) is 0 Å². The first-order valence-electron chi connectivity index (χ1n) is 9.18. The minimum absolute atomic E-state index is 0.0410. The van der Waals surface area contributed by atoms with Gasteiger partial charge in [-0.15, -0.1) is 0 Å². The second kappa shape index (κ2) is 11.2. The molecule has 0 amide bonds. The molecule has 9 nitrogen and oxygen atoms in total. The van der Waals surface area contributed by atoms with E-state index in [1.165, 1.54) is 26.0 Å². The maximum Gasteiger partial charge on any atom is 0.323 e. The number of esters is 4. The molecule has 0 unspecified atom stereocenters. The number of carbonyl (C=O) groups excluding carboxylic acids is 4. The second-order valence-electron chi connectivity index (χ2n) is 6.47. The summed E-state index contributed by atoms with van der Waals surface area (Å²) >= 11 is 0. The maximum absolute atomic E-state index is 12.3. The fraction of sp³-hybridized carbons (Fsp3) is 0.500. The van der Waals surface area contributed by atoms with Crippen LogP contribution >= 0.6 is 0 Å². The molecule has 0 aliphatic rings. The fourth-order valence-electron chi connectivity index (χ4n) is 2.24. The standard InChI is InChI=1S/C20H27NO8/c1-6-19(24)26-11(2)12(3)27-20(25)16(21)9-15-7-8-17(28-13(4)22)18(10-15)29-14(5)23/h7-8,10-12,16H,6,9,21H2,1-5H3/t11-,12-,16-/m0/s1. The molecule has 0 radical (unpaired) electrons. The van der Waals surface area contributed by atoms with Gasteiger partial charge in [-0.1, -0.05) is 13.0 Å². The lowest BCUT2D eigenvalue weighted by atomic mass is 10.1. The number of carbonyl (C=O) groups is 4. The molecule has 0 aliphatic carbocycles. The molecule has 29 heavy (non-hydrogen) atoms. The molecule has 0 saturated carbocycles. The Kier molecular flexibility index (Phi) is 9.27. The van der Waals surface area contributed by atoms with E-state index in [4.69, 9.17) is 24.7 Å². The van der Waals surface area contributed by atoms with Crippen LogP contribution in [0.1, 0.15) is 46.6 Å². The van der Waals surface area contributed by atoms with Gasteiger partial charge < -0.3 is 24.7 Å². The van der Waals surface area contributed by atoms with Gasteiger partial charge in [-0.2, -0.15) is 0 Å². The molecule has 0 spiro atoms. The van der Waals surface area contributed by atoms with Gasteiger partial charge in [-0.3, -0.25) is 19.2 Å². The molecule has 0 fully saturated rings. The smallest absolute Gasteiger partial charge is 0.323 e. The summed E-state index contributed by atoms with van der Waals surface area (Å²) in [5.41, 5.74) is 6.49. The third-order valence-electron chi connectivity index (χ3n) is 3.84.